The van der Waals surface area contributed by atoms with E-state index in [4.69, 9.17) is 9.47 Å². The first-order valence-electron chi connectivity index (χ1n) is 4.49. The maximum Gasteiger partial charge on any atom is 0.132 e. The van der Waals surface area contributed by atoms with E-state index >= 15 is 0 Å². The number of benzene rings is 1. The molecule has 0 spiro atoms. The van der Waals surface area contributed by atoms with E-state index in [0.29, 0.717) is 6.42 Å². The van der Waals surface area contributed by atoms with Crippen LogP contribution in [0.5, 0.6) is 11.5 Å². The fraction of sp³-hybridized carbons (Fsp3) is 0.364. The zero-order valence-electron chi connectivity index (χ0n) is 9.07. The molecule has 0 bridgehead atoms. The van der Waals surface area contributed by atoms with Crippen LogP contribution in [0.3, 0.4) is 0 Å². The van der Waals surface area contributed by atoms with Gasteiger partial charge in [-0.15, -0.1) is 11.8 Å². The second kappa shape index (κ2) is 5.66. The van der Waals surface area contributed by atoms with Gasteiger partial charge in [0.1, 0.15) is 17.8 Å². The Kier molecular flexibility index (Phi) is 4.49. The molecule has 4 heteroatoms. The van der Waals surface area contributed by atoms with Gasteiger partial charge in [0.15, 0.2) is 0 Å². The summed E-state index contributed by atoms with van der Waals surface area (Å²) in [7, 11) is 3.21. The molecule has 3 nitrogen and oxygen atoms in total. The molecular formula is C11H14O3S. The Balaban J connectivity index is 3.20. The van der Waals surface area contributed by atoms with Crippen molar-refractivity contribution in [1.82, 2.24) is 0 Å². The number of ether oxygens (including phenoxy) is 2. The van der Waals surface area contributed by atoms with Gasteiger partial charge >= 0.3 is 0 Å². The fourth-order valence-electron chi connectivity index (χ4n) is 1.34. The molecule has 0 saturated heterocycles. The van der Waals surface area contributed by atoms with Crippen molar-refractivity contribution in [3.63, 3.8) is 0 Å². The van der Waals surface area contributed by atoms with Gasteiger partial charge in [0.2, 0.25) is 0 Å². The van der Waals surface area contributed by atoms with Gasteiger partial charge in [0.25, 0.3) is 0 Å². The third kappa shape index (κ3) is 2.65. The summed E-state index contributed by atoms with van der Waals surface area (Å²) in [6.45, 7) is 0. The van der Waals surface area contributed by atoms with Gasteiger partial charge < -0.3 is 14.3 Å². The topological polar surface area (TPSA) is 35.5 Å². The molecule has 0 N–H and O–H groups in total. The van der Waals surface area contributed by atoms with E-state index in [-0.39, 0.29) is 0 Å². The third-order valence-corrected chi connectivity index (χ3v) is 2.85. The van der Waals surface area contributed by atoms with Crippen LogP contribution in [0, 0.1) is 0 Å². The second-order valence-corrected chi connectivity index (χ2v) is 3.74. The second-order valence-electron chi connectivity index (χ2n) is 2.89. The van der Waals surface area contributed by atoms with Crippen molar-refractivity contribution in [1.29, 1.82) is 0 Å². The zero-order chi connectivity index (χ0) is 11.3. The average Bonchev–Trinajstić information content (AvgIpc) is 2.28. The molecule has 0 aliphatic rings. The molecule has 0 aromatic heterocycles. The van der Waals surface area contributed by atoms with Gasteiger partial charge in [-0.1, -0.05) is 0 Å². The smallest absolute Gasteiger partial charge is 0.132 e. The predicted molar refractivity (Wildman–Crippen MR) is 61.1 cm³/mol. The summed E-state index contributed by atoms with van der Waals surface area (Å²) in [5.41, 5.74) is 0.849. The molecule has 0 aliphatic carbocycles. The van der Waals surface area contributed by atoms with Crippen molar-refractivity contribution >= 4 is 18.0 Å². The monoisotopic (exact) mass is 226 g/mol. The minimum Gasteiger partial charge on any atom is -0.496 e. The summed E-state index contributed by atoms with van der Waals surface area (Å²) in [4.78, 5) is 11.5. The highest BCUT2D eigenvalue weighted by molar-refractivity contribution is 7.98. The molecule has 0 fully saturated rings. The summed E-state index contributed by atoms with van der Waals surface area (Å²) in [5, 5.41) is 0. The van der Waals surface area contributed by atoms with Crippen LogP contribution in [0.1, 0.15) is 5.56 Å². The van der Waals surface area contributed by atoms with Gasteiger partial charge in [0.05, 0.1) is 19.1 Å². The minimum absolute atomic E-state index is 0.341. The number of carbonyl (C=O) groups is 1. The van der Waals surface area contributed by atoms with Crippen LogP contribution in [0.15, 0.2) is 17.0 Å². The molecule has 82 valence electrons. The molecule has 0 unspecified atom stereocenters. The SMILES string of the molecule is COc1cc(SC)c(OC)cc1CC=O. The third-order valence-electron chi connectivity index (χ3n) is 2.09. The van der Waals surface area contributed by atoms with E-state index in [1.54, 1.807) is 26.0 Å². The Bertz CT molecular complexity index is 350. The summed E-state index contributed by atoms with van der Waals surface area (Å²) < 4.78 is 10.4. The average molecular weight is 226 g/mol. The number of hydrogen-bond acceptors (Lipinski definition) is 4. The Morgan fingerprint density at radius 2 is 1.93 bits per heavy atom. The van der Waals surface area contributed by atoms with Crippen LogP contribution in [-0.4, -0.2) is 26.8 Å². The molecule has 1 rings (SSSR count). The first kappa shape index (κ1) is 11.9. The summed E-state index contributed by atoms with van der Waals surface area (Å²) in [5.74, 6) is 1.51. The van der Waals surface area contributed by atoms with Crippen molar-refractivity contribution < 1.29 is 14.3 Å². The van der Waals surface area contributed by atoms with E-state index in [2.05, 4.69) is 0 Å². The zero-order valence-corrected chi connectivity index (χ0v) is 9.89. The Hall–Kier alpha value is -1.16. The van der Waals surface area contributed by atoms with Crippen molar-refractivity contribution in [2.75, 3.05) is 20.5 Å². The van der Waals surface area contributed by atoms with E-state index in [9.17, 15) is 4.79 Å². The molecule has 0 aliphatic heterocycles. The highest BCUT2D eigenvalue weighted by Crippen LogP contribution is 2.34. The quantitative estimate of drug-likeness (QED) is 0.569. The minimum atomic E-state index is 0.341. The normalized spacial score (nSPS) is 9.80. The Labute approximate surface area is 93.8 Å². The lowest BCUT2D eigenvalue weighted by molar-refractivity contribution is -0.107. The lowest BCUT2D eigenvalue weighted by atomic mass is 10.1. The van der Waals surface area contributed by atoms with Crippen LogP contribution < -0.4 is 9.47 Å². The van der Waals surface area contributed by atoms with Crippen LogP contribution in [0.25, 0.3) is 0 Å². The summed E-state index contributed by atoms with van der Waals surface area (Å²) in [6, 6.07) is 3.74. The first-order valence-corrected chi connectivity index (χ1v) is 5.71. The van der Waals surface area contributed by atoms with Crippen LogP contribution in [-0.2, 0) is 11.2 Å². The van der Waals surface area contributed by atoms with Crippen LogP contribution >= 0.6 is 11.8 Å². The standard InChI is InChI=1S/C11H14O3S/c1-13-9-7-11(15-3)10(14-2)6-8(9)4-5-12/h5-7H,4H2,1-3H3. The van der Waals surface area contributed by atoms with Crippen molar-refractivity contribution in [2.45, 2.75) is 11.3 Å². The van der Waals surface area contributed by atoms with Gasteiger partial charge in [-0.3, -0.25) is 0 Å². The molecule has 0 radical (unpaired) electrons. The number of methoxy groups -OCH3 is 2. The van der Waals surface area contributed by atoms with Gasteiger partial charge in [-0.25, -0.2) is 0 Å². The van der Waals surface area contributed by atoms with E-state index < -0.39 is 0 Å². The molecule has 15 heavy (non-hydrogen) atoms. The van der Waals surface area contributed by atoms with Gasteiger partial charge in [-0.05, 0) is 18.4 Å². The van der Waals surface area contributed by atoms with Gasteiger partial charge in [-0.2, -0.15) is 0 Å². The fourth-order valence-corrected chi connectivity index (χ4v) is 1.91. The van der Waals surface area contributed by atoms with Crippen molar-refractivity contribution in [3.8, 4) is 11.5 Å². The predicted octanol–water partition coefficient (Wildman–Crippen LogP) is 2.17. The maximum atomic E-state index is 10.5. The largest absolute Gasteiger partial charge is 0.496 e. The first-order chi connectivity index (χ1) is 7.26. The lowest BCUT2D eigenvalue weighted by Gasteiger charge is -2.12. The number of hydrogen-bond donors (Lipinski definition) is 0. The summed E-state index contributed by atoms with van der Waals surface area (Å²) >= 11 is 1.58. The van der Waals surface area contributed by atoms with E-state index in [0.717, 1.165) is 28.2 Å². The molecule has 0 saturated carbocycles. The van der Waals surface area contributed by atoms with Crippen molar-refractivity contribution in [3.05, 3.63) is 17.7 Å². The van der Waals surface area contributed by atoms with Crippen LogP contribution in [0.2, 0.25) is 0 Å². The van der Waals surface area contributed by atoms with E-state index in [1.807, 2.05) is 18.4 Å². The molecule has 0 atom stereocenters. The molecule has 0 heterocycles. The molecular weight excluding hydrogens is 212 g/mol. The number of thioether (sulfide) groups is 1. The molecule has 0 amide bonds. The Morgan fingerprint density at radius 3 is 2.40 bits per heavy atom. The number of rotatable bonds is 5. The highest BCUT2D eigenvalue weighted by Gasteiger charge is 2.09. The van der Waals surface area contributed by atoms with Crippen molar-refractivity contribution in [2.24, 2.45) is 0 Å². The molecule has 1 aromatic carbocycles. The Morgan fingerprint density at radius 1 is 1.27 bits per heavy atom. The van der Waals surface area contributed by atoms with Crippen LogP contribution in [0.4, 0.5) is 0 Å². The maximum absolute atomic E-state index is 10.5. The molecule has 1 aromatic rings. The lowest BCUT2D eigenvalue weighted by Crippen LogP contribution is -1.96. The summed E-state index contributed by atoms with van der Waals surface area (Å²) in [6.07, 6.45) is 3.17. The number of aldehydes is 1. The highest BCUT2D eigenvalue weighted by atomic mass is 32.2. The van der Waals surface area contributed by atoms with Gasteiger partial charge in [0, 0.05) is 12.0 Å². The number of carbonyl (C=O) groups excluding carboxylic acids is 1. The van der Waals surface area contributed by atoms with E-state index in [1.165, 1.54) is 0 Å².